The largest absolute Gasteiger partial charge is 0.496 e. The number of benzene rings is 2. The number of carbonyl (C=O) groups is 1. The first kappa shape index (κ1) is 17.2. The molecule has 0 bridgehead atoms. The number of methoxy groups -OCH3 is 1. The zero-order valence-corrected chi connectivity index (χ0v) is 14.1. The predicted octanol–water partition coefficient (Wildman–Crippen LogP) is 3.52. The van der Waals surface area contributed by atoms with Crippen LogP contribution in [-0.2, 0) is 17.8 Å². The highest BCUT2D eigenvalue weighted by atomic mass is 35.5. The van der Waals surface area contributed by atoms with Crippen molar-refractivity contribution in [1.82, 2.24) is 4.90 Å². The third-order valence-corrected chi connectivity index (χ3v) is 3.97. The number of carbonyl (C=O) groups excluding carboxylic acids is 1. The second-order valence-corrected chi connectivity index (χ2v) is 5.84. The van der Waals surface area contributed by atoms with Gasteiger partial charge >= 0.3 is 0 Å². The molecular formula is C18H21ClN2O2. The van der Waals surface area contributed by atoms with Gasteiger partial charge in [0.05, 0.1) is 7.11 Å². The standard InChI is InChI=1S/C18H21ClN2O2/c1-21(12-14-11-15(19)8-9-17(14)23-2)18(22)10-7-13-5-3-4-6-16(13)20/h3-6,8-9,11H,7,10,12,20H2,1-2H3. The van der Waals surface area contributed by atoms with Crippen LogP contribution in [-0.4, -0.2) is 25.0 Å². The molecule has 0 spiro atoms. The molecule has 2 rings (SSSR count). The lowest BCUT2D eigenvalue weighted by atomic mass is 10.1. The van der Waals surface area contributed by atoms with Crippen LogP contribution in [0.15, 0.2) is 42.5 Å². The summed E-state index contributed by atoms with van der Waals surface area (Å²) in [5.74, 6) is 0.775. The van der Waals surface area contributed by atoms with Crippen LogP contribution in [0.4, 0.5) is 5.69 Å². The monoisotopic (exact) mass is 332 g/mol. The van der Waals surface area contributed by atoms with Gasteiger partial charge in [-0.05, 0) is 36.2 Å². The minimum atomic E-state index is 0.0512. The Labute approximate surface area is 141 Å². The molecular weight excluding hydrogens is 312 g/mol. The van der Waals surface area contributed by atoms with Crippen molar-refractivity contribution in [1.29, 1.82) is 0 Å². The zero-order chi connectivity index (χ0) is 16.8. The van der Waals surface area contributed by atoms with Gasteiger partial charge in [0.25, 0.3) is 0 Å². The van der Waals surface area contributed by atoms with E-state index in [9.17, 15) is 4.79 Å². The predicted molar refractivity (Wildman–Crippen MR) is 93.7 cm³/mol. The number of nitrogen functional groups attached to an aromatic ring is 1. The molecule has 0 heterocycles. The summed E-state index contributed by atoms with van der Waals surface area (Å²) in [5, 5.41) is 0.624. The summed E-state index contributed by atoms with van der Waals surface area (Å²) in [6.45, 7) is 0.451. The fourth-order valence-electron chi connectivity index (χ4n) is 2.41. The average molecular weight is 333 g/mol. The van der Waals surface area contributed by atoms with Crippen molar-refractivity contribution >= 4 is 23.2 Å². The molecule has 0 saturated carbocycles. The van der Waals surface area contributed by atoms with Crippen molar-refractivity contribution in [3.8, 4) is 5.75 Å². The van der Waals surface area contributed by atoms with Gasteiger partial charge in [0.2, 0.25) is 5.91 Å². The van der Waals surface area contributed by atoms with Crippen molar-refractivity contribution < 1.29 is 9.53 Å². The molecule has 23 heavy (non-hydrogen) atoms. The second kappa shape index (κ2) is 7.88. The molecule has 0 aliphatic rings. The Kier molecular flexibility index (Phi) is 5.88. The van der Waals surface area contributed by atoms with Gasteiger partial charge in [-0.25, -0.2) is 0 Å². The van der Waals surface area contributed by atoms with Gasteiger partial charge in [-0.2, -0.15) is 0 Å². The molecule has 4 nitrogen and oxygen atoms in total. The fourth-order valence-corrected chi connectivity index (χ4v) is 2.60. The minimum Gasteiger partial charge on any atom is -0.496 e. The number of amides is 1. The van der Waals surface area contributed by atoms with Crippen LogP contribution in [0.25, 0.3) is 0 Å². The summed E-state index contributed by atoms with van der Waals surface area (Å²) >= 11 is 6.02. The Bertz CT molecular complexity index is 688. The molecule has 0 aromatic heterocycles. The molecule has 0 radical (unpaired) electrons. The Morgan fingerprint density at radius 2 is 1.96 bits per heavy atom. The summed E-state index contributed by atoms with van der Waals surface area (Å²) < 4.78 is 5.31. The molecule has 0 saturated heterocycles. The van der Waals surface area contributed by atoms with E-state index >= 15 is 0 Å². The van der Waals surface area contributed by atoms with Gasteiger partial charge in [0.1, 0.15) is 5.75 Å². The number of aryl methyl sites for hydroxylation is 1. The lowest BCUT2D eigenvalue weighted by Gasteiger charge is -2.19. The smallest absolute Gasteiger partial charge is 0.222 e. The Balaban J connectivity index is 1.98. The van der Waals surface area contributed by atoms with Gasteiger partial charge in [0.15, 0.2) is 0 Å². The van der Waals surface area contributed by atoms with Gasteiger partial charge in [-0.1, -0.05) is 29.8 Å². The quantitative estimate of drug-likeness (QED) is 0.823. The van der Waals surface area contributed by atoms with Gasteiger partial charge in [-0.3, -0.25) is 4.79 Å². The number of ether oxygens (including phenoxy) is 1. The lowest BCUT2D eigenvalue weighted by molar-refractivity contribution is -0.130. The van der Waals surface area contributed by atoms with E-state index in [-0.39, 0.29) is 5.91 Å². The maximum Gasteiger partial charge on any atom is 0.222 e. The Hall–Kier alpha value is -2.20. The molecule has 2 aromatic carbocycles. The van der Waals surface area contributed by atoms with E-state index in [4.69, 9.17) is 22.1 Å². The SMILES string of the molecule is COc1ccc(Cl)cc1CN(C)C(=O)CCc1ccccc1N. The number of rotatable bonds is 6. The van der Waals surface area contributed by atoms with E-state index in [1.165, 1.54) is 0 Å². The van der Waals surface area contributed by atoms with Gasteiger partial charge < -0.3 is 15.4 Å². The molecule has 0 fully saturated rings. The molecule has 2 N–H and O–H groups in total. The summed E-state index contributed by atoms with van der Waals surface area (Å²) in [6.07, 6.45) is 1.04. The molecule has 0 aliphatic carbocycles. The van der Waals surface area contributed by atoms with E-state index in [1.54, 1.807) is 31.2 Å². The van der Waals surface area contributed by atoms with Crippen LogP contribution in [0.1, 0.15) is 17.5 Å². The van der Waals surface area contributed by atoms with Gasteiger partial charge in [0, 0.05) is 36.3 Å². The molecule has 122 valence electrons. The maximum absolute atomic E-state index is 12.3. The number of halogens is 1. The van der Waals surface area contributed by atoms with E-state index < -0.39 is 0 Å². The number of hydrogen-bond donors (Lipinski definition) is 1. The maximum atomic E-state index is 12.3. The minimum absolute atomic E-state index is 0.0512. The van der Waals surface area contributed by atoms with Crippen LogP contribution in [0.2, 0.25) is 5.02 Å². The number of para-hydroxylation sites is 1. The highest BCUT2D eigenvalue weighted by Gasteiger charge is 2.13. The molecule has 0 unspecified atom stereocenters. The van der Waals surface area contributed by atoms with E-state index in [0.29, 0.717) is 24.4 Å². The Morgan fingerprint density at radius 1 is 1.22 bits per heavy atom. The van der Waals surface area contributed by atoms with Crippen molar-refractivity contribution in [2.75, 3.05) is 19.9 Å². The first-order valence-corrected chi connectivity index (χ1v) is 7.79. The van der Waals surface area contributed by atoms with Crippen LogP contribution >= 0.6 is 11.6 Å². The average Bonchev–Trinajstić information content (AvgIpc) is 2.54. The third kappa shape index (κ3) is 4.63. The summed E-state index contributed by atoms with van der Waals surface area (Å²) in [7, 11) is 3.38. The summed E-state index contributed by atoms with van der Waals surface area (Å²) in [5.41, 5.74) is 8.51. The first-order chi connectivity index (χ1) is 11.0. The van der Waals surface area contributed by atoms with E-state index in [0.717, 1.165) is 22.6 Å². The van der Waals surface area contributed by atoms with Crippen molar-refractivity contribution in [2.24, 2.45) is 0 Å². The number of nitrogens with zero attached hydrogens (tertiary/aromatic N) is 1. The lowest BCUT2D eigenvalue weighted by Crippen LogP contribution is -2.26. The first-order valence-electron chi connectivity index (χ1n) is 7.41. The zero-order valence-electron chi connectivity index (χ0n) is 13.4. The van der Waals surface area contributed by atoms with Crippen molar-refractivity contribution in [3.05, 3.63) is 58.6 Å². The van der Waals surface area contributed by atoms with Crippen molar-refractivity contribution in [2.45, 2.75) is 19.4 Å². The molecule has 5 heteroatoms. The highest BCUT2D eigenvalue weighted by Crippen LogP contribution is 2.24. The molecule has 0 aliphatic heterocycles. The van der Waals surface area contributed by atoms with Gasteiger partial charge in [-0.15, -0.1) is 0 Å². The van der Waals surface area contributed by atoms with Crippen molar-refractivity contribution in [3.63, 3.8) is 0 Å². The number of anilines is 1. The second-order valence-electron chi connectivity index (χ2n) is 5.40. The summed E-state index contributed by atoms with van der Waals surface area (Å²) in [4.78, 5) is 14.0. The fraction of sp³-hybridized carbons (Fsp3) is 0.278. The molecule has 1 amide bonds. The molecule has 2 aromatic rings. The van der Waals surface area contributed by atoms with Crippen LogP contribution in [0.3, 0.4) is 0 Å². The van der Waals surface area contributed by atoms with Crippen LogP contribution in [0.5, 0.6) is 5.75 Å². The van der Waals surface area contributed by atoms with Crippen LogP contribution < -0.4 is 10.5 Å². The third-order valence-electron chi connectivity index (χ3n) is 3.74. The summed E-state index contributed by atoms with van der Waals surface area (Å²) in [6, 6.07) is 13.0. The van der Waals surface area contributed by atoms with Crippen LogP contribution in [0, 0.1) is 0 Å². The number of nitrogens with two attached hydrogens (primary N) is 1. The topological polar surface area (TPSA) is 55.6 Å². The van der Waals surface area contributed by atoms with E-state index in [1.807, 2.05) is 30.3 Å². The Morgan fingerprint density at radius 3 is 2.65 bits per heavy atom. The number of hydrogen-bond acceptors (Lipinski definition) is 3. The van der Waals surface area contributed by atoms with E-state index in [2.05, 4.69) is 0 Å². The normalized spacial score (nSPS) is 10.4. The highest BCUT2D eigenvalue weighted by molar-refractivity contribution is 6.30. The molecule has 0 atom stereocenters.